The summed E-state index contributed by atoms with van der Waals surface area (Å²) >= 11 is 0. The third-order valence-electron chi connectivity index (χ3n) is 4.04. The van der Waals surface area contributed by atoms with E-state index < -0.39 is 0 Å². The molecule has 0 atom stereocenters. The van der Waals surface area contributed by atoms with E-state index in [2.05, 4.69) is 10.3 Å². The Labute approximate surface area is 165 Å². The molecule has 0 spiro atoms. The highest BCUT2D eigenvalue weighted by Gasteiger charge is 2.13. The lowest BCUT2D eigenvalue weighted by molar-refractivity contribution is 0.0143. The molecule has 0 saturated carbocycles. The van der Waals surface area contributed by atoms with Crippen LogP contribution < -0.4 is 5.32 Å². The molecule has 146 valence electrons. The van der Waals surface area contributed by atoms with E-state index in [1.165, 1.54) is 0 Å². The number of carbonyl (C=O) groups is 1. The smallest absolute Gasteiger partial charge is 0.274 e. The lowest BCUT2D eigenvalue weighted by atomic mass is 10.2. The van der Waals surface area contributed by atoms with Gasteiger partial charge in [-0.25, -0.2) is 4.98 Å². The standard InChI is InChI=1S/C22H25N3O3/c1-17(2)28-12-11-27-15-18-7-6-8-19(13-18)24-22(26)21-14-23-16-25(21)20-9-4-3-5-10-20/h3-10,13-14,16-17H,11-12,15H2,1-2H3,(H,24,26). The fourth-order valence-electron chi connectivity index (χ4n) is 2.72. The number of hydrogen-bond acceptors (Lipinski definition) is 4. The molecule has 0 saturated heterocycles. The van der Waals surface area contributed by atoms with Crippen LogP contribution in [0.15, 0.2) is 67.1 Å². The number of rotatable bonds is 9. The monoisotopic (exact) mass is 379 g/mol. The average Bonchev–Trinajstić information content (AvgIpc) is 3.18. The average molecular weight is 379 g/mol. The third-order valence-corrected chi connectivity index (χ3v) is 4.04. The van der Waals surface area contributed by atoms with Crippen molar-refractivity contribution in [1.82, 2.24) is 9.55 Å². The summed E-state index contributed by atoms with van der Waals surface area (Å²) in [5, 5.41) is 2.93. The molecular weight excluding hydrogens is 354 g/mol. The molecule has 1 N–H and O–H groups in total. The maximum atomic E-state index is 12.7. The van der Waals surface area contributed by atoms with Gasteiger partial charge in [0.25, 0.3) is 5.91 Å². The maximum Gasteiger partial charge on any atom is 0.274 e. The van der Waals surface area contributed by atoms with Gasteiger partial charge < -0.3 is 14.8 Å². The Morgan fingerprint density at radius 2 is 1.93 bits per heavy atom. The molecule has 0 radical (unpaired) electrons. The van der Waals surface area contributed by atoms with E-state index in [0.29, 0.717) is 31.2 Å². The van der Waals surface area contributed by atoms with Crippen LogP contribution >= 0.6 is 0 Å². The molecule has 6 heteroatoms. The summed E-state index contributed by atoms with van der Waals surface area (Å²) in [4.78, 5) is 16.8. The van der Waals surface area contributed by atoms with Gasteiger partial charge in [-0.3, -0.25) is 9.36 Å². The molecule has 0 aliphatic heterocycles. The molecule has 1 heterocycles. The maximum absolute atomic E-state index is 12.7. The second-order valence-electron chi connectivity index (χ2n) is 6.61. The number of para-hydroxylation sites is 1. The molecule has 0 unspecified atom stereocenters. The van der Waals surface area contributed by atoms with Gasteiger partial charge in [0, 0.05) is 11.4 Å². The van der Waals surface area contributed by atoms with Crippen LogP contribution in [-0.2, 0) is 16.1 Å². The highest BCUT2D eigenvalue weighted by molar-refractivity contribution is 6.03. The Morgan fingerprint density at radius 1 is 1.11 bits per heavy atom. The lowest BCUT2D eigenvalue weighted by Gasteiger charge is -2.11. The van der Waals surface area contributed by atoms with E-state index in [1.54, 1.807) is 17.1 Å². The van der Waals surface area contributed by atoms with E-state index in [4.69, 9.17) is 9.47 Å². The van der Waals surface area contributed by atoms with Gasteiger partial charge in [-0.05, 0) is 43.7 Å². The topological polar surface area (TPSA) is 65.4 Å². The predicted molar refractivity (Wildman–Crippen MR) is 109 cm³/mol. The van der Waals surface area contributed by atoms with Crippen LogP contribution in [0.1, 0.15) is 29.9 Å². The van der Waals surface area contributed by atoms with Gasteiger partial charge in [0.05, 0.1) is 38.4 Å². The lowest BCUT2D eigenvalue weighted by Crippen LogP contribution is -2.16. The molecular formula is C22H25N3O3. The van der Waals surface area contributed by atoms with E-state index >= 15 is 0 Å². The largest absolute Gasteiger partial charge is 0.376 e. The number of carbonyl (C=O) groups excluding carboxylic acids is 1. The van der Waals surface area contributed by atoms with Crippen molar-refractivity contribution in [1.29, 1.82) is 0 Å². The van der Waals surface area contributed by atoms with Crippen LogP contribution in [0.25, 0.3) is 5.69 Å². The molecule has 3 aromatic rings. The zero-order valence-electron chi connectivity index (χ0n) is 16.2. The van der Waals surface area contributed by atoms with Crippen molar-refractivity contribution in [3.63, 3.8) is 0 Å². The van der Waals surface area contributed by atoms with Crippen molar-refractivity contribution in [2.45, 2.75) is 26.6 Å². The molecule has 1 aromatic heterocycles. The van der Waals surface area contributed by atoms with Gasteiger partial charge in [-0.15, -0.1) is 0 Å². The summed E-state index contributed by atoms with van der Waals surface area (Å²) in [5.74, 6) is -0.218. The number of nitrogens with one attached hydrogen (secondary N) is 1. The Kier molecular flexibility index (Phi) is 6.94. The van der Waals surface area contributed by atoms with Gasteiger partial charge in [-0.1, -0.05) is 30.3 Å². The minimum absolute atomic E-state index is 0.200. The van der Waals surface area contributed by atoms with Crippen LogP contribution in [0.4, 0.5) is 5.69 Å². The van der Waals surface area contributed by atoms with Gasteiger partial charge in [0.15, 0.2) is 0 Å². The molecule has 28 heavy (non-hydrogen) atoms. The zero-order chi connectivity index (χ0) is 19.8. The van der Waals surface area contributed by atoms with Crippen molar-refractivity contribution in [2.75, 3.05) is 18.5 Å². The summed E-state index contributed by atoms with van der Waals surface area (Å²) in [6.07, 6.45) is 3.39. The molecule has 6 nitrogen and oxygen atoms in total. The van der Waals surface area contributed by atoms with Crippen molar-refractivity contribution in [3.8, 4) is 5.69 Å². The van der Waals surface area contributed by atoms with Gasteiger partial charge in [0.2, 0.25) is 0 Å². The first-order chi connectivity index (χ1) is 13.6. The number of hydrogen-bond donors (Lipinski definition) is 1. The number of amides is 1. The quantitative estimate of drug-likeness (QED) is 0.569. The Hall–Kier alpha value is -2.96. The Bertz CT molecular complexity index is 891. The molecule has 2 aromatic carbocycles. The van der Waals surface area contributed by atoms with E-state index in [-0.39, 0.29) is 12.0 Å². The van der Waals surface area contributed by atoms with Crippen molar-refractivity contribution in [3.05, 3.63) is 78.4 Å². The number of nitrogens with zero attached hydrogens (tertiary/aromatic N) is 2. The molecule has 0 aliphatic carbocycles. The minimum atomic E-state index is -0.218. The fourth-order valence-corrected chi connectivity index (χ4v) is 2.72. The summed E-state index contributed by atoms with van der Waals surface area (Å²) in [6, 6.07) is 17.3. The molecule has 0 aliphatic rings. The Morgan fingerprint density at radius 3 is 2.71 bits per heavy atom. The number of anilines is 1. The summed E-state index contributed by atoms with van der Waals surface area (Å²) in [6.45, 7) is 5.56. The normalized spacial score (nSPS) is 11.0. The van der Waals surface area contributed by atoms with Gasteiger partial charge in [-0.2, -0.15) is 0 Å². The summed E-state index contributed by atoms with van der Waals surface area (Å²) in [7, 11) is 0. The summed E-state index contributed by atoms with van der Waals surface area (Å²) in [5.41, 5.74) is 3.05. The second-order valence-corrected chi connectivity index (χ2v) is 6.61. The van der Waals surface area contributed by atoms with Crippen molar-refractivity contribution < 1.29 is 14.3 Å². The van der Waals surface area contributed by atoms with Gasteiger partial charge >= 0.3 is 0 Å². The highest BCUT2D eigenvalue weighted by atomic mass is 16.5. The number of ether oxygens (including phenoxy) is 2. The Balaban J connectivity index is 1.60. The summed E-state index contributed by atoms with van der Waals surface area (Å²) < 4.78 is 12.8. The van der Waals surface area contributed by atoms with Crippen LogP contribution in [0, 0.1) is 0 Å². The molecule has 0 bridgehead atoms. The molecule has 0 fully saturated rings. The van der Waals surface area contributed by atoms with E-state index in [0.717, 1.165) is 11.3 Å². The van der Waals surface area contributed by atoms with Gasteiger partial charge in [0.1, 0.15) is 5.69 Å². The second kappa shape index (κ2) is 9.82. The van der Waals surface area contributed by atoms with Crippen LogP contribution in [0.5, 0.6) is 0 Å². The first-order valence-electron chi connectivity index (χ1n) is 9.31. The van der Waals surface area contributed by atoms with E-state index in [1.807, 2.05) is 68.4 Å². The van der Waals surface area contributed by atoms with Crippen LogP contribution in [0.2, 0.25) is 0 Å². The van der Waals surface area contributed by atoms with E-state index in [9.17, 15) is 4.79 Å². The fraction of sp³-hybridized carbons (Fsp3) is 0.273. The molecule has 1 amide bonds. The van der Waals surface area contributed by atoms with Crippen molar-refractivity contribution >= 4 is 11.6 Å². The first-order valence-corrected chi connectivity index (χ1v) is 9.31. The number of aromatic nitrogens is 2. The predicted octanol–water partition coefficient (Wildman–Crippen LogP) is 4.07. The minimum Gasteiger partial charge on any atom is -0.376 e. The highest BCUT2D eigenvalue weighted by Crippen LogP contribution is 2.15. The SMILES string of the molecule is CC(C)OCCOCc1cccc(NC(=O)c2cncn2-c2ccccc2)c1. The third kappa shape index (κ3) is 5.52. The number of imidazole rings is 1. The first kappa shape index (κ1) is 19.8. The van der Waals surface area contributed by atoms with Crippen LogP contribution in [-0.4, -0.2) is 34.8 Å². The van der Waals surface area contributed by atoms with Crippen LogP contribution in [0.3, 0.4) is 0 Å². The zero-order valence-corrected chi connectivity index (χ0v) is 16.2. The van der Waals surface area contributed by atoms with Crippen molar-refractivity contribution in [2.24, 2.45) is 0 Å². The molecule has 3 rings (SSSR count). The number of benzene rings is 2.